The molecule has 3 N–H and O–H groups in total. The van der Waals surface area contributed by atoms with Crippen LogP contribution in [0.15, 0.2) is 18.2 Å². The van der Waals surface area contributed by atoms with Crippen molar-refractivity contribution in [1.82, 2.24) is 5.32 Å². The highest BCUT2D eigenvalue weighted by molar-refractivity contribution is 7.89. The Bertz CT molecular complexity index is 491. The lowest BCUT2D eigenvalue weighted by molar-refractivity contribution is 0.525. The van der Waals surface area contributed by atoms with Gasteiger partial charge >= 0.3 is 0 Å². The lowest BCUT2D eigenvalue weighted by Gasteiger charge is -2.14. The van der Waals surface area contributed by atoms with Crippen LogP contribution >= 0.6 is 0 Å². The molecule has 0 saturated carbocycles. The van der Waals surface area contributed by atoms with Crippen LogP contribution in [-0.4, -0.2) is 20.7 Å². The second-order valence-electron chi connectivity index (χ2n) is 3.71. The first kappa shape index (κ1) is 14.0. The van der Waals surface area contributed by atoms with Crippen LogP contribution in [0.2, 0.25) is 0 Å². The molecule has 0 aliphatic rings. The Morgan fingerprint density at radius 2 is 2.06 bits per heavy atom. The first-order chi connectivity index (χ1) is 7.79. The number of rotatable bonds is 5. The summed E-state index contributed by atoms with van der Waals surface area (Å²) in [5.41, 5.74) is 0.279. The van der Waals surface area contributed by atoms with E-state index >= 15 is 0 Å². The van der Waals surface area contributed by atoms with Gasteiger partial charge in [0, 0.05) is 24.2 Å². The standard InChI is InChI=1S/C10H14F2N2O2S/c1-7(14-4-5-17(13,15)16)9-3-2-8(11)6-10(9)12/h2-3,6-7,14H,4-5H2,1H3,(H2,13,15,16). The highest BCUT2D eigenvalue weighted by Crippen LogP contribution is 2.17. The zero-order valence-electron chi connectivity index (χ0n) is 9.28. The minimum atomic E-state index is -3.54. The zero-order valence-corrected chi connectivity index (χ0v) is 10.1. The van der Waals surface area contributed by atoms with Crippen molar-refractivity contribution >= 4 is 10.0 Å². The van der Waals surface area contributed by atoms with Crippen LogP contribution in [0.4, 0.5) is 8.78 Å². The molecule has 0 spiro atoms. The van der Waals surface area contributed by atoms with Crippen LogP contribution in [0.3, 0.4) is 0 Å². The molecule has 0 saturated heterocycles. The normalized spacial score (nSPS) is 13.6. The molecule has 0 bridgehead atoms. The monoisotopic (exact) mass is 264 g/mol. The first-order valence-corrected chi connectivity index (χ1v) is 6.70. The van der Waals surface area contributed by atoms with Gasteiger partial charge in [-0.2, -0.15) is 0 Å². The van der Waals surface area contributed by atoms with Gasteiger partial charge in [-0.15, -0.1) is 0 Å². The van der Waals surface area contributed by atoms with E-state index in [0.717, 1.165) is 12.1 Å². The van der Waals surface area contributed by atoms with Crippen LogP contribution in [0.5, 0.6) is 0 Å². The van der Waals surface area contributed by atoms with Crippen molar-refractivity contribution in [2.75, 3.05) is 12.3 Å². The molecule has 4 nitrogen and oxygen atoms in total. The number of sulfonamides is 1. The molecule has 0 aromatic heterocycles. The Morgan fingerprint density at radius 3 is 2.59 bits per heavy atom. The fourth-order valence-corrected chi connectivity index (χ4v) is 1.78. The third kappa shape index (κ3) is 4.76. The van der Waals surface area contributed by atoms with E-state index < -0.39 is 27.7 Å². The molecule has 1 aromatic carbocycles. The average molecular weight is 264 g/mol. The van der Waals surface area contributed by atoms with E-state index in [2.05, 4.69) is 5.32 Å². The van der Waals surface area contributed by atoms with E-state index in [1.807, 2.05) is 0 Å². The van der Waals surface area contributed by atoms with Crippen molar-refractivity contribution in [2.45, 2.75) is 13.0 Å². The van der Waals surface area contributed by atoms with Crippen LogP contribution < -0.4 is 10.5 Å². The molecule has 7 heteroatoms. The van der Waals surface area contributed by atoms with Gasteiger partial charge < -0.3 is 5.32 Å². The largest absolute Gasteiger partial charge is 0.309 e. The lowest BCUT2D eigenvalue weighted by atomic mass is 10.1. The van der Waals surface area contributed by atoms with Crippen LogP contribution in [-0.2, 0) is 10.0 Å². The second kappa shape index (κ2) is 5.52. The summed E-state index contributed by atoms with van der Waals surface area (Å²) < 4.78 is 47.4. The van der Waals surface area contributed by atoms with E-state index in [4.69, 9.17) is 5.14 Å². The minimum absolute atomic E-state index is 0.108. The van der Waals surface area contributed by atoms with Gasteiger partial charge in [-0.05, 0) is 13.0 Å². The van der Waals surface area contributed by atoms with Crippen LogP contribution in [0.1, 0.15) is 18.5 Å². The van der Waals surface area contributed by atoms with Crippen molar-refractivity contribution in [3.63, 3.8) is 0 Å². The van der Waals surface area contributed by atoms with E-state index in [-0.39, 0.29) is 17.9 Å². The molecule has 1 unspecified atom stereocenters. The second-order valence-corrected chi connectivity index (χ2v) is 5.44. The van der Waals surface area contributed by atoms with Crippen molar-refractivity contribution in [3.05, 3.63) is 35.4 Å². The molecule has 0 heterocycles. The maximum atomic E-state index is 13.3. The van der Waals surface area contributed by atoms with E-state index in [1.54, 1.807) is 6.92 Å². The van der Waals surface area contributed by atoms with Crippen LogP contribution in [0.25, 0.3) is 0 Å². The zero-order chi connectivity index (χ0) is 13.1. The van der Waals surface area contributed by atoms with Gasteiger partial charge in [-0.1, -0.05) is 6.07 Å². The molecule has 1 rings (SSSR count). The maximum Gasteiger partial charge on any atom is 0.210 e. The smallest absolute Gasteiger partial charge is 0.210 e. The molecule has 0 radical (unpaired) electrons. The summed E-state index contributed by atoms with van der Waals surface area (Å²) in [6.07, 6.45) is 0. The van der Waals surface area contributed by atoms with Gasteiger partial charge in [0.2, 0.25) is 10.0 Å². The topological polar surface area (TPSA) is 72.2 Å². The Labute approximate surface area is 98.9 Å². The summed E-state index contributed by atoms with van der Waals surface area (Å²) in [7, 11) is -3.54. The number of hydrogen-bond donors (Lipinski definition) is 2. The Morgan fingerprint density at radius 1 is 1.41 bits per heavy atom. The van der Waals surface area contributed by atoms with Crippen molar-refractivity contribution in [1.29, 1.82) is 0 Å². The molecule has 17 heavy (non-hydrogen) atoms. The third-order valence-corrected chi connectivity index (χ3v) is 3.04. The molecule has 0 aliphatic carbocycles. The molecule has 0 amide bonds. The molecule has 96 valence electrons. The summed E-state index contributed by atoms with van der Waals surface area (Å²) in [6, 6.07) is 2.83. The summed E-state index contributed by atoms with van der Waals surface area (Å²) in [6.45, 7) is 1.76. The number of nitrogens with one attached hydrogen (secondary N) is 1. The minimum Gasteiger partial charge on any atom is -0.309 e. The maximum absolute atomic E-state index is 13.3. The Balaban J connectivity index is 2.61. The van der Waals surface area contributed by atoms with Crippen LogP contribution in [0, 0.1) is 11.6 Å². The highest BCUT2D eigenvalue weighted by atomic mass is 32.2. The molecular weight excluding hydrogens is 250 g/mol. The van der Waals surface area contributed by atoms with Gasteiger partial charge in [0.05, 0.1) is 5.75 Å². The molecule has 0 fully saturated rings. The van der Waals surface area contributed by atoms with E-state index in [0.29, 0.717) is 0 Å². The summed E-state index contributed by atoms with van der Waals surface area (Å²) in [5.74, 6) is -1.55. The Hall–Kier alpha value is -1.05. The van der Waals surface area contributed by atoms with Gasteiger partial charge in [0.25, 0.3) is 0 Å². The summed E-state index contributed by atoms with van der Waals surface area (Å²) in [4.78, 5) is 0. The molecule has 0 aliphatic heterocycles. The fraction of sp³-hybridized carbons (Fsp3) is 0.400. The number of benzene rings is 1. The average Bonchev–Trinajstić information content (AvgIpc) is 2.15. The Kier molecular flexibility index (Phi) is 4.55. The van der Waals surface area contributed by atoms with Gasteiger partial charge in [0.15, 0.2) is 0 Å². The number of halogens is 2. The molecule has 1 atom stereocenters. The van der Waals surface area contributed by atoms with Gasteiger partial charge in [-0.3, -0.25) is 0 Å². The number of nitrogens with two attached hydrogens (primary N) is 1. The fourth-order valence-electron chi connectivity index (χ4n) is 1.38. The number of hydrogen-bond acceptors (Lipinski definition) is 3. The SMILES string of the molecule is CC(NCCS(N)(=O)=O)c1ccc(F)cc1F. The van der Waals surface area contributed by atoms with Gasteiger partial charge in [0.1, 0.15) is 11.6 Å². The molecule has 1 aromatic rings. The van der Waals surface area contributed by atoms with E-state index in [1.165, 1.54) is 6.07 Å². The van der Waals surface area contributed by atoms with Crippen molar-refractivity contribution in [2.24, 2.45) is 5.14 Å². The van der Waals surface area contributed by atoms with E-state index in [9.17, 15) is 17.2 Å². The quantitative estimate of drug-likeness (QED) is 0.830. The predicted octanol–water partition coefficient (Wildman–Crippen LogP) is 0.904. The highest BCUT2D eigenvalue weighted by Gasteiger charge is 2.12. The third-order valence-electron chi connectivity index (χ3n) is 2.27. The molecular formula is C10H14F2N2O2S. The van der Waals surface area contributed by atoms with Crippen molar-refractivity contribution < 1.29 is 17.2 Å². The summed E-state index contributed by atoms with van der Waals surface area (Å²) in [5, 5.41) is 7.61. The summed E-state index contributed by atoms with van der Waals surface area (Å²) >= 11 is 0. The predicted molar refractivity (Wildman–Crippen MR) is 60.7 cm³/mol. The van der Waals surface area contributed by atoms with Crippen molar-refractivity contribution in [3.8, 4) is 0 Å². The lowest BCUT2D eigenvalue weighted by Crippen LogP contribution is -2.29. The first-order valence-electron chi connectivity index (χ1n) is 4.98. The van der Waals surface area contributed by atoms with Gasteiger partial charge in [-0.25, -0.2) is 22.3 Å². The number of primary sulfonamides is 1.